The van der Waals surface area contributed by atoms with Gasteiger partial charge in [-0.25, -0.2) is 4.39 Å². The molecule has 1 aromatic rings. The van der Waals surface area contributed by atoms with Crippen LogP contribution in [0.1, 0.15) is 5.56 Å². The summed E-state index contributed by atoms with van der Waals surface area (Å²) in [5.41, 5.74) is -1.08. The van der Waals surface area contributed by atoms with Gasteiger partial charge in [0.15, 0.2) is 5.56 Å². The van der Waals surface area contributed by atoms with E-state index < -0.39 is 22.0 Å². The summed E-state index contributed by atoms with van der Waals surface area (Å²) in [7, 11) is 0. The Morgan fingerprint density at radius 1 is 1.62 bits per heavy atom. The summed E-state index contributed by atoms with van der Waals surface area (Å²) in [6.45, 7) is 0. The molecule has 0 N–H and O–H groups in total. The number of benzene rings is 1. The standard InChI is InChI=1S/C7H2BrFN2O2/c8-4-1-6(9)5(3-10)7(2-4)11(12)13/h1-2H. The lowest BCUT2D eigenvalue weighted by Gasteiger charge is -1.96. The van der Waals surface area contributed by atoms with Gasteiger partial charge < -0.3 is 0 Å². The molecule has 66 valence electrons. The van der Waals surface area contributed by atoms with E-state index >= 15 is 0 Å². The van der Waals surface area contributed by atoms with E-state index in [9.17, 15) is 14.5 Å². The van der Waals surface area contributed by atoms with Gasteiger partial charge in [0.25, 0.3) is 5.69 Å². The molecule has 4 nitrogen and oxygen atoms in total. The molecule has 0 heterocycles. The molecule has 0 aromatic heterocycles. The zero-order chi connectivity index (χ0) is 10.0. The number of nitro benzene ring substituents is 1. The minimum Gasteiger partial charge on any atom is -0.258 e. The van der Waals surface area contributed by atoms with Crippen LogP contribution in [0, 0.1) is 27.3 Å². The molecule has 0 aliphatic heterocycles. The third-order valence-electron chi connectivity index (χ3n) is 1.34. The van der Waals surface area contributed by atoms with E-state index in [-0.39, 0.29) is 4.47 Å². The molecule has 0 amide bonds. The van der Waals surface area contributed by atoms with Crippen LogP contribution < -0.4 is 0 Å². The van der Waals surface area contributed by atoms with Gasteiger partial charge in [0.05, 0.1) is 4.92 Å². The third kappa shape index (κ3) is 1.81. The van der Waals surface area contributed by atoms with Crippen molar-refractivity contribution in [1.29, 1.82) is 5.26 Å². The molecule has 0 atom stereocenters. The zero-order valence-electron chi connectivity index (χ0n) is 6.12. The van der Waals surface area contributed by atoms with E-state index in [0.717, 1.165) is 12.1 Å². The quantitative estimate of drug-likeness (QED) is 0.563. The maximum atomic E-state index is 12.9. The van der Waals surface area contributed by atoms with Crippen LogP contribution in [0.3, 0.4) is 0 Å². The Bertz CT molecular complexity index is 414. The summed E-state index contributed by atoms with van der Waals surface area (Å²) in [6, 6.07) is 3.53. The molecule has 0 fully saturated rings. The topological polar surface area (TPSA) is 66.9 Å². The second-order valence-corrected chi connectivity index (χ2v) is 3.07. The summed E-state index contributed by atoms with van der Waals surface area (Å²) in [5, 5.41) is 18.8. The summed E-state index contributed by atoms with van der Waals surface area (Å²) >= 11 is 2.89. The molecule has 1 rings (SSSR count). The van der Waals surface area contributed by atoms with Crippen molar-refractivity contribution in [2.45, 2.75) is 0 Å². The highest BCUT2D eigenvalue weighted by molar-refractivity contribution is 9.10. The summed E-state index contributed by atoms with van der Waals surface area (Å²) in [5.74, 6) is -0.899. The smallest absolute Gasteiger partial charge is 0.258 e. The van der Waals surface area contributed by atoms with E-state index in [1.807, 2.05) is 0 Å². The van der Waals surface area contributed by atoms with Gasteiger partial charge in [0.2, 0.25) is 0 Å². The lowest BCUT2D eigenvalue weighted by Crippen LogP contribution is -1.95. The molecule has 0 aliphatic carbocycles. The Hall–Kier alpha value is -1.48. The molecule has 0 radical (unpaired) electrons. The highest BCUT2D eigenvalue weighted by atomic mass is 79.9. The predicted molar refractivity (Wildman–Crippen MR) is 45.5 cm³/mol. The Morgan fingerprint density at radius 2 is 2.23 bits per heavy atom. The van der Waals surface area contributed by atoms with Crippen LogP contribution in [0.4, 0.5) is 10.1 Å². The number of hydrogen-bond donors (Lipinski definition) is 0. The van der Waals surface area contributed by atoms with Crippen LogP contribution in [-0.2, 0) is 0 Å². The number of hydrogen-bond acceptors (Lipinski definition) is 3. The van der Waals surface area contributed by atoms with E-state index in [1.54, 1.807) is 0 Å². The van der Waals surface area contributed by atoms with E-state index in [1.165, 1.54) is 6.07 Å². The molecule has 1 aromatic carbocycles. The van der Waals surface area contributed by atoms with Gasteiger partial charge >= 0.3 is 0 Å². The first-order valence-electron chi connectivity index (χ1n) is 3.10. The summed E-state index contributed by atoms with van der Waals surface area (Å²) in [4.78, 5) is 9.55. The number of nitriles is 1. The van der Waals surface area contributed by atoms with E-state index in [2.05, 4.69) is 15.9 Å². The van der Waals surface area contributed by atoms with Gasteiger partial charge in [0.1, 0.15) is 11.9 Å². The van der Waals surface area contributed by atoms with Crippen molar-refractivity contribution in [3.05, 3.63) is 38.1 Å². The normalized spacial score (nSPS) is 9.31. The Morgan fingerprint density at radius 3 is 2.69 bits per heavy atom. The fourth-order valence-electron chi connectivity index (χ4n) is 0.815. The number of nitro groups is 1. The van der Waals surface area contributed by atoms with Gasteiger partial charge in [-0.3, -0.25) is 10.1 Å². The fourth-order valence-corrected chi connectivity index (χ4v) is 1.23. The zero-order valence-corrected chi connectivity index (χ0v) is 7.71. The highest BCUT2D eigenvalue weighted by Gasteiger charge is 2.18. The monoisotopic (exact) mass is 244 g/mol. The van der Waals surface area contributed by atoms with Gasteiger partial charge in [-0.05, 0) is 6.07 Å². The molecule has 0 aliphatic rings. The molecule has 0 saturated carbocycles. The molecule has 0 spiro atoms. The molecular weight excluding hydrogens is 243 g/mol. The Balaban J connectivity index is 3.50. The van der Waals surface area contributed by atoms with Crippen molar-refractivity contribution < 1.29 is 9.31 Å². The minimum atomic E-state index is -0.899. The molecule has 0 unspecified atom stereocenters. The van der Waals surface area contributed by atoms with E-state index in [0.29, 0.717) is 0 Å². The molecular formula is C7H2BrFN2O2. The highest BCUT2D eigenvalue weighted by Crippen LogP contribution is 2.25. The largest absolute Gasteiger partial charge is 0.291 e. The maximum absolute atomic E-state index is 12.9. The predicted octanol–water partition coefficient (Wildman–Crippen LogP) is 2.37. The Labute approximate surface area is 80.9 Å². The van der Waals surface area contributed by atoms with E-state index in [4.69, 9.17) is 5.26 Å². The minimum absolute atomic E-state index is 0.232. The van der Waals surface area contributed by atoms with Crippen LogP contribution in [0.15, 0.2) is 16.6 Å². The first-order chi connectivity index (χ1) is 6.06. The second-order valence-electron chi connectivity index (χ2n) is 2.15. The number of nitrogens with zero attached hydrogens (tertiary/aromatic N) is 2. The van der Waals surface area contributed by atoms with Crippen LogP contribution >= 0.6 is 15.9 Å². The summed E-state index contributed by atoms with van der Waals surface area (Å²) < 4.78 is 13.1. The Kier molecular flexibility index (Phi) is 2.58. The third-order valence-corrected chi connectivity index (χ3v) is 1.80. The first kappa shape index (κ1) is 9.61. The fraction of sp³-hybridized carbons (Fsp3) is 0. The van der Waals surface area contributed by atoms with Crippen molar-refractivity contribution in [2.75, 3.05) is 0 Å². The first-order valence-corrected chi connectivity index (χ1v) is 3.89. The molecule has 6 heteroatoms. The molecule has 13 heavy (non-hydrogen) atoms. The second kappa shape index (κ2) is 3.49. The van der Waals surface area contributed by atoms with Crippen molar-refractivity contribution >= 4 is 21.6 Å². The van der Waals surface area contributed by atoms with Crippen LogP contribution in [0.5, 0.6) is 0 Å². The molecule has 0 bridgehead atoms. The van der Waals surface area contributed by atoms with Crippen molar-refractivity contribution in [3.8, 4) is 6.07 Å². The number of halogens is 2. The maximum Gasteiger partial charge on any atom is 0.291 e. The van der Waals surface area contributed by atoms with Gasteiger partial charge in [-0.15, -0.1) is 0 Å². The van der Waals surface area contributed by atoms with Crippen molar-refractivity contribution in [1.82, 2.24) is 0 Å². The SMILES string of the molecule is N#Cc1c(F)cc(Br)cc1[N+](=O)[O-]. The summed E-state index contributed by atoms with van der Waals surface area (Å²) in [6.07, 6.45) is 0. The lowest BCUT2D eigenvalue weighted by molar-refractivity contribution is -0.385. The van der Waals surface area contributed by atoms with Crippen molar-refractivity contribution in [3.63, 3.8) is 0 Å². The van der Waals surface area contributed by atoms with Gasteiger partial charge in [-0.1, -0.05) is 15.9 Å². The van der Waals surface area contributed by atoms with Gasteiger partial charge in [0, 0.05) is 10.5 Å². The van der Waals surface area contributed by atoms with Crippen LogP contribution in [0.25, 0.3) is 0 Å². The lowest BCUT2D eigenvalue weighted by atomic mass is 10.2. The van der Waals surface area contributed by atoms with Crippen LogP contribution in [-0.4, -0.2) is 4.92 Å². The molecule has 0 saturated heterocycles. The van der Waals surface area contributed by atoms with Gasteiger partial charge in [-0.2, -0.15) is 5.26 Å². The average Bonchev–Trinajstić information content (AvgIpc) is 2.02. The van der Waals surface area contributed by atoms with Crippen molar-refractivity contribution in [2.24, 2.45) is 0 Å². The van der Waals surface area contributed by atoms with Crippen LogP contribution in [0.2, 0.25) is 0 Å². The average molecular weight is 245 g/mol. The number of rotatable bonds is 1.